The second-order valence-electron chi connectivity index (χ2n) is 6.34. The fourth-order valence-electron chi connectivity index (χ4n) is 3.00. The van der Waals surface area contributed by atoms with Gasteiger partial charge in [-0.15, -0.1) is 11.3 Å². The van der Waals surface area contributed by atoms with Gasteiger partial charge in [0.1, 0.15) is 0 Å². The average Bonchev–Trinajstić information content (AvgIpc) is 3.16. The number of amides is 1. The molecule has 1 fully saturated rings. The Morgan fingerprint density at radius 2 is 2.21 bits per heavy atom. The molecule has 1 aliphatic carbocycles. The molecule has 2 heterocycles. The molecule has 0 bridgehead atoms. The van der Waals surface area contributed by atoms with E-state index in [1.807, 2.05) is 43.5 Å². The molecule has 1 amide bonds. The predicted octanol–water partition coefficient (Wildman–Crippen LogP) is 3.34. The summed E-state index contributed by atoms with van der Waals surface area (Å²) < 4.78 is 2.07. The molecule has 1 aliphatic rings. The van der Waals surface area contributed by atoms with Gasteiger partial charge in [0.25, 0.3) is 0 Å². The number of imidazole rings is 1. The number of hydrogen-bond acceptors (Lipinski definition) is 5. The van der Waals surface area contributed by atoms with Gasteiger partial charge in [-0.1, -0.05) is 11.8 Å². The van der Waals surface area contributed by atoms with E-state index >= 15 is 0 Å². The largest absolute Gasteiger partial charge is 0.353 e. The van der Waals surface area contributed by atoms with E-state index in [0.717, 1.165) is 48.0 Å². The first-order chi connectivity index (χ1) is 11.6. The van der Waals surface area contributed by atoms with Crippen LogP contribution in [0.15, 0.2) is 22.9 Å². The number of aryl methyl sites for hydroxylation is 3. The van der Waals surface area contributed by atoms with Crippen LogP contribution >= 0.6 is 23.1 Å². The lowest BCUT2D eigenvalue weighted by molar-refractivity contribution is -0.121. The predicted molar refractivity (Wildman–Crippen MR) is 98.4 cm³/mol. The smallest absolute Gasteiger partial charge is 0.220 e. The van der Waals surface area contributed by atoms with E-state index < -0.39 is 0 Å². The molecular weight excluding hydrogens is 340 g/mol. The number of hydrogen-bond donors (Lipinski definition) is 1. The molecule has 1 saturated carbocycles. The summed E-state index contributed by atoms with van der Waals surface area (Å²) >= 11 is 3.50. The van der Waals surface area contributed by atoms with Crippen molar-refractivity contribution in [3.63, 3.8) is 0 Å². The normalized spacial score (nSPS) is 20.9. The summed E-state index contributed by atoms with van der Waals surface area (Å²) in [5.41, 5.74) is 1.03. The number of carbonyl (C=O) groups excluding carboxylic acids is 1. The van der Waals surface area contributed by atoms with Crippen LogP contribution in [0.5, 0.6) is 0 Å². The fraction of sp³-hybridized carbons (Fsp3) is 0.588. The quantitative estimate of drug-likeness (QED) is 0.854. The van der Waals surface area contributed by atoms with Gasteiger partial charge in [-0.2, -0.15) is 0 Å². The van der Waals surface area contributed by atoms with Gasteiger partial charge < -0.3 is 9.88 Å². The first-order valence-electron chi connectivity index (χ1n) is 8.44. The molecule has 3 rings (SSSR count). The second kappa shape index (κ2) is 8.16. The van der Waals surface area contributed by atoms with Gasteiger partial charge in [-0.05, 0) is 39.0 Å². The van der Waals surface area contributed by atoms with E-state index in [2.05, 4.69) is 19.9 Å². The molecule has 0 aliphatic heterocycles. The Hall–Kier alpha value is -1.34. The highest BCUT2D eigenvalue weighted by Gasteiger charge is 2.24. The van der Waals surface area contributed by atoms with Gasteiger partial charge in [-0.3, -0.25) is 4.79 Å². The Morgan fingerprint density at radius 3 is 2.83 bits per heavy atom. The summed E-state index contributed by atoms with van der Waals surface area (Å²) in [6.45, 7) is 2.00. The van der Waals surface area contributed by atoms with Gasteiger partial charge in [0.15, 0.2) is 5.16 Å². The van der Waals surface area contributed by atoms with Crippen molar-refractivity contribution < 1.29 is 4.79 Å². The van der Waals surface area contributed by atoms with Crippen molar-refractivity contribution in [2.24, 2.45) is 7.05 Å². The molecule has 2 aromatic heterocycles. The van der Waals surface area contributed by atoms with Crippen molar-refractivity contribution in [1.82, 2.24) is 19.9 Å². The standard InChI is InChI=1S/C17H24N4OS2/c1-12-19-14(11-23-12)5-8-16(22)20-13-3-6-15(7-4-13)24-17-18-9-10-21(17)2/h9-11,13,15H,3-8H2,1-2H3,(H,20,22). The highest BCUT2D eigenvalue weighted by molar-refractivity contribution is 7.99. The van der Waals surface area contributed by atoms with Crippen LogP contribution in [0, 0.1) is 6.92 Å². The van der Waals surface area contributed by atoms with E-state index in [1.165, 1.54) is 0 Å². The van der Waals surface area contributed by atoms with Crippen LogP contribution in [-0.2, 0) is 18.3 Å². The average molecular weight is 365 g/mol. The molecule has 7 heteroatoms. The van der Waals surface area contributed by atoms with Crippen molar-refractivity contribution in [2.45, 2.75) is 61.9 Å². The molecule has 0 saturated heterocycles. The molecule has 2 aromatic rings. The molecule has 0 radical (unpaired) electrons. The molecule has 0 spiro atoms. The summed E-state index contributed by atoms with van der Waals surface area (Å²) in [6.07, 6.45) is 9.48. The molecule has 0 aromatic carbocycles. The highest BCUT2D eigenvalue weighted by atomic mass is 32.2. The number of nitrogens with zero attached hydrogens (tertiary/aromatic N) is 3. The number of rotatable bonds is 6. The summed E-state index contributed by atoms with van der Waals surface area (Å²) in [4.78, 5) is 20.9. The molecule has 0 atom stereocenters. The number of nitrogens with one attached hydrogen (secondary N) is 1. The van der Waals surface area contributed by atoms with E-state index in [-0.39, 0.29) is 5.91 Å². The highest BCUT2D eigenvalue weighted by Crippen LogP contribution is 2.32. The molecule has 5 nitrogen and oxygen atoms in total. The first kappa shape index (κ1) is 17.5. The van der Waals surface area contributed by atoms with Crippen molar-refractivity contribution in [1.29, 1.82) is 0 Å². The Balaban J connectivity index is 1.37. The maximum absolute atomic E-state index is 12.1. The molecule has 130 valence electrons. The number of thiazole rings is 1. The summed E-state index contributed by atoms with van der Waals surface area (Å²) in [5.74, 6) is 0.154. The van der Waals surface area contributed by atoms with Crippen molar-refractivity contribution in [3.8, 4) is 0 Å². The second-order valence-corrected chi connectivity index (χ2v) is 8.67. The van der Waals surface area contributed by atoms with Gasteiger partial charge >= 0.3 is 0 Å². The Bertz CT molecular complexity index is 674. The van der Waals surface area contributed by atoms with Gasteiger partial charge in [0.05, 0.1) is 10.7 Å². The Morgan fingerprint density at radius 1 is 1.42 bits per heavy atom. The van der Waals surface area contributed by atoms with Gasteiger partial charge in [0.2, 0.25) is 5.91 Å². The lowest BCUT2D eigenvalue weighted by Gasteiger charge is -2.28. The fourth-order valence-corrected chi connectivity index (χ4v) is 4.81. The lowest BCUT2D eigenvalue weighted by Crippen LogP contribution is -2.38. The maximum Gasteiger partial charge on any atom is 0.220 e. The van der Waals surface area contributed by atoms with Crippen LogP contribution in [0.3, 0.4) is 0 Å². The number of carbonyl (C=O) groups is 1. The zero-order chi connectivity index (χ0) is 16.9. The molecular formula is C17H24N4OS2. The third kappa shape index (κ3) is 4.83. The van der Waals surface area contributed by atoms with Crippen LogP contribution in [0.4, 0.5) is 0 Å². The van der Waals surface area contributed by atoms with E-state index in [4.69, 9.17) is 0 Å². The number of aromatic nitrogens is 3. The summed E-state index contributed by atoms with van der Waals surface area (Å²) in [7, 11) is 2.03. The number of thioether (sulfide) groups is 1. The van der Waals surface area contributed by atoms with Gasteiger partial charge in [0, 0.05) is 42.5 Å². The molecule has 0 unspecified atom stereocenters. The first-order valence-corrected chi connectivity index (χ1v) is 10.2. The van der Waals surface area contributed by atoms with Crippen molar-refractivity contribution in [2.75, 3.05) is 0 Å². The van der Waals surface area contributed by atoms with E-state index in [1.54, 1.807) is 11.3 Å². The Labute approximate surface area is 151 Å². The Kier molecular flexibility index (Phi) is 5.94. The SMILES string of the molecule is Cc1nc(CCC(=O)NC2CCC(Sc3nccn3C)CC2)cs1. The van der Waals surface area contributed by atoms with Crippen LogP contribution in [0.2, 0.25) is 0 Å². The zero-order valence-electron chi connectivity index (χ0n) is 14.2. The van der Waals surface area contributed by atoms with Crippen molar-refractivity contribution in [3.05, 3.63) is 28.5 Å². The van der Waals surface area contributed by atoms with E-state index in [9.17, 15) is 4.79 Å². The molecule has 24 heavy (non-hydrogen) atoms. The monoisotopic (exact) mass is 364 g/mol. The van der Waals surface area contributed by atoms with Crippen LogP contribution in [0.25, 0.3) is 0 Å². The summed E-state index contributed by atoms with van der Waals surface area (Å²) in [5, 5.41) is 7.99. The molecule has 1 N–H and O–H groups in total. The maximum atomic E-state index is 12.1. The zero-order valence-corrected chi connectivity index (χ0v) is 15.8. The minimum absolute atomic E-state index is 0.154. The summed E-state index contributed by atoms with van der Waals surface area (Å²) in [6, 6.07) is 0.327. The minimum atomic E-state index is 0.154. The topological polar surface area (TPSA) is 59.8 Å². The lowest BCUT2D eigenvalue weighted by atomic mass is 9.95. The minimum Gasteiger partial charge on any atom is -0.353 e. The van der Waals surface area contributed by atoms with Gasteiger partial charge in [-0.25, -0.2) is 9.97 Å². The van der Waals surface area contributed by atoms with Crippen LogP contribution < -0.4 is 5.32 Å². The van der Waals surface area contributed by atoms with E-state index in [0.29, 0.717) is 17.7 Å². The van der Waals surface area contributed by atoms with Crippen molar-refractivity contribution >= 4 is 29.0 Å². The third-order valence-corrected chi connectivity index (χ3v) is 6.59. The van der Waals surface area contributed by atoms with Crippen LogP contribution in [0.1, 0.15) is 42.8 Å². The van der Waals surface area contributed by atoms with Crippen LogP contribution in [-0.4, -0.2) is 31.7 Å². The third-order valence-electron chi connectivity index (χ3n) is 4.36.